The van der Waals surface area contributed by atoms with E-state index in [9.17, 15) is 29.6 Å². The molecule has 3 heterocycles. The summed E-state index contributed by atoms with van der Waals surface area (Å²) in [5.74, 6) is -1.46. The molecule has 1 fully saturated rings. The lowest BCUT2D eigenvalue weighted by atomic mass is 9.82. The van der Waals surface area contributed by atoms with Crippen LogP contribution in [0.15, 0.2) is 95.9 Å². The fourth-order valence-electron chi connectivity index (χ4n) is 7.80. The van der Waals surface area contributed by atoms with Gasteiger partial charge < -0.3 is 28.5 Å². The quantitative estimate of drug-likeness (QED) is 0.0874. The summed E-state index contributed by atoms with van der Waals surface area (Å²) >= 11 is 0. The maximum Gasteiger partial charge on any atom is 0.297 e. The Morgan fingerprint density at radius 3 is 2.40 bits per heavy atom. The van der Waals surface area contributed by atoms with Gasteiger partial charge in [0.1, 0.15) is 0 Å². The summed E-state index contributed by atoms with van der Waals surface area (Å²) in [6.07, 6.45) is 0.364. The first-order valence-electron chi connectivity index (χ1n) is 17.0. The highest BCUT2D eigenvalue weighted by atomic mass is 28.4. The van der Waals surface area contributed by atoms with Crippen molar-refractivity contribution in [1.29, 1.82) is 0 Å². The second-order valence-corrected chi connectivity index (χ2v) is 17.6. The molecule has 2 amide bonds. The van der Waals surface area contributed by atoms with Gasteiger partial charge in [0.05, 0.1) is 43.4 Å². The first-order valence-corrected chi connectivity index (χ1v) is 20.0. The lowest BCUT2D eigenvalue weighted by Crippen LogP contribution is -2.45. The van der Waals surface area contributed by atoms with Gasteiger partial charge in [-0.15, -0.1) is 0 Å². The highest BCUT2D eigenvalue weighted by Crippen LogP contribution is 2.60. The molecule has 6 rings (SSSR count). The van der Waals surface area contributed by atoms with Crippen LogP contribution >= 0.6 is 0 Å². The van der Waals surface area contributed by atoms with Crippen LogP contribution in [0.25, 0.3) is 5.69 Å². The highest BCUT2D eigenvalue weighted by Gasteiger charge is 2.67. The molecule has 14 heteroatoms. The summed E-state index contributed by atoms with van der Waals surface area (Å²) in [5.41, 5.74) is -0.412. The van der Waals surface area contributed by atoms with Gasteiger partial charge in [-0.05, 0) is 54.6 Å². The van der Waals surface area contributed by atoms with Crippen molar-refractivity contribution in [2.24, 2.45) is 5.92 Å². The van der Waals surface area contributed by atoms with Gasteiger partial charge in [0.15, 0.2) is 11.4 Å². The number of carbonyl (C=O) groups is 2. The predicted molar refractivity (Wildman–Crippen MR) is 194 cm³/mol. The number of pyridine rings is 1. The number of hydrogen-bond acceptors (Lipinski definition) is 8. The Morgan fingerprint density at radius 1 is 1.06 bits per heavy atom. The van der Waals surface area contributed by atoms with Crippen LogP contribution in [-0.2, 0) is 33.0 Å². The number of amides is 2. The summed E-state index contributed by atoms with van der Waals surface area (Å²) in [4.78, 5) is 55.9. The van der Waals surface area contributed by atoms with Crippen LogP contribution in [0.1, 0.15) is 30.0 Å². The smallest absolute Gasteiger partial charge is 0.297 e. The number of rotatable bonds is 12. The Labute approximate surface area is 301 Å². The average molecular weight is 729 g/mol. The number of aliphatic hydroxyl groups is 1. The molecular weight excluding hydrogens is 688 g/mol. The number of methoxy groups -OCH3 is 1. The Hall–Kier alpha value is -5.18. The predicted octanol–water partition coefficient (Wildman–Crippen LogP) is 5.49. The Kier molecular flexibility index (Phi) is 10.2. The van der Waals surface area contributed by atoms with Gasteiger partial charge in [0, 0.05) is 54.1 Å². The average Bonchev–Trinajstić information content (AvgIpc) is 3.54. The molecule has 272 valence electrons. The molecule has 0 aliphatic carbocycles. The van der Waals surface area contributed by atoms with E-state index in [-0.39, 0.29) is 61.1 Å². The van der Waals surface area contributed by atoms with E-state index in [1.165, 1.54) is 52.8 Å². The van der Waals surface area contributed by atoms with Crippen molar-refractivity contribution in [2.45, 2.75) is 56.8 Å². The molecule has 52 heavy (non-hydrogen) atoms. The van der Waals surface area contributed by atoms with Gasteiger partial charge in [0.25, 0.3) is 17.2 Å². The topological polar surface area (TPSA) is 144 Å². The number of fused-ring (bicyclic) bond motifs is 2. The number of nitro benzene ring substituents is 1. The van der Waals surface area contributed by atoms with E-state index < -0.39 is 42.4 Å². The molecule has 1 spiro atoms. The normalized spacial score (nSPS) is 21.0. The Morgan fingerprint density at radius 2 is 1.77 bits per heavy atom. The van der Waals surface area contributed by atoms with Gasteiger partial charge >= 0.3 is 0 Å². The molecule has 1 saturated heterocycles. The molecule has 0 unspecified atom stereocenters. The third-order valence-corrected chi connectivity index (χ3v) is 12.6. The van der Waals surface area contributed by atoms with Crippen LogP contribution in [-0.4, -0.2) is 66.1 Å². The molecule has 1 aromatic heterocycles. The molecule has 0 saturated carbocycles. The minimum atomic E-state index is -3.66. The van der Waals surface area contributed by atoms with Gasteiger partial charge in [0.2, 0.25) is 14.3 Å². The number of ether oxygens (including phenoxy) is 2. The molecule has 2 aliphatic rings. The fraction of sp³-hybridized carbons (Fsp3) is 0.342. The van der Waals surface area contributed by atoms with Gasteiger partial charge in [-0.1, -0.05) is 49.4 Å². The minimum absolute atomic E-state index is 0.0508. The van der Waals surface area contributed by atoms with E-state index in [0.717, 1.165) is 5.56 Å². The summed E-state index contributed by atoms with van der Waals surface area (Å²) in [5, 5.41) is 21.8. The van der Waals surface area contributed by atoms with E-state index in [4.69, 9.17) is 9.47 Å². The van der Waals surface area contributed by atoms with E-state index in [1.807, 2.05) is 30.3 Å². The maximum absolute atomic E-state index is 16.4. The number of hydrogen-bond donors (Lipinski definition) is 1. The zero-order valence-corrected chi connectivity index (χ0v) is 30.4. The zero-order valence-electron chi connectivity index (χ0n) is 29.4. The third-order valence-electron chi connectivity index (χ3n) is 10.2. The minimum Gasteiger partial charge on any atom is -0.491 e. The van der Waals surface area contributed by atoms with E-state index in [1.54, 1.807) is 49.5 Å². The zero-order chi connectivity index (χ0) is 37.4. The van der Waals surface area contributed by atoms with Gasteiger partial charge in [-0.25, -0.2) is 0 Å². The fourth-order valence-corrected chi connectivity index (χ4v) is 10.3. The molecule has 4 aromatic rings. The van der Waals surface area contributed by atoms with Crippen LogP contribution in [0.3, 0.4) is 0 Å². The van der Waals surface area contributed by atoms with Crippen molar-refractivity contribution in [1.82, 2.24) is 9.47 Å². The van der Waals surface area contributed by atoms with Crippen LogP contribution in [0.5, 0.6) is 5.75 Å². The first kappa shape index (κ1) is 36.6. The molecular formula is C38H41FN4O8Si. The van der Waals surface area contributed by atoms with Crippen molar-refractivity contribution < 1.29 is 33.2 Å². The molecule has 0 radical (unpaired) electrons. The number of halogens is 1. The summed E-state index contributed by atoms with van der Waals surface area (Å²) in [7, 11) is -2.24. The van der Waals surface area contributed by atoms with Crippen molar-refractivity contribution >= 4 is 31.6 Å². The van der Waals surface area contributed by atoms with Gasteiger partial charge in [-0.3, -0.25) is 29.1 Å². The number of anilines is 1. The standard InChI is InChI=1S/C38H41FN4O8Si/c1-25-35(52(3,4)39)33(22-34(45)40(19-20-44)23-26-9-6-5-7-10-26)51-38(25)30-21-29(43(48)49)16-17-31(30)42(37(38)47)24-27-12-14-28(15-13-27)41-18-8-11-32(50-2)36(41)46/h5-18,21,25,33,35,44H,19-20,22-24H2,1-4H3/t25-,33+,35-,38+/m0/s1. The molecule has 12 nitrogen and oxygen atoms in total. The maximum atomic E-state index is 16.4. The number of nitrogens with zero attached hydrogens (tertiary/aromatic N) is 4. The van der Waals surface area contributed by atoms with Crippen LogP contribution in [0, 0.1) is 16.0 Å². The van der Waals surface area contributed by atoms with Crippen molar-refractivity contribution in [3.63, 3.8) is 0 Å². The SMILES string of the molecule is COc1cccn(-c2ccc(CN3C(=O)[C@]4(O[C@H](CC(=O)N(CCO)Cc5ccccc5)[C@@H]([Si](C)(C)F)[C@@H]4C)c4cc([N+](=O)[O-])ccc43)cc2)c1=O. The number of aliphatic hydroxyl groups excluding tert-OH is 1. The third kappa shape index (κ3) is 6.64. The van der Waals surface area contributed by atoms with E-state index >= 15 is 4.11 Å². The van der Waals surface area contributed by atoms with Crippen LogP contribution < -0.4 is 15.2 Å². The van der Waals surface area contributed by atoms with Crippen LogP contribution in [0.2, 0.25) is 18.6 Å². The lowest BCUT2D eigenvalue weighted by molar-refractivity contribution is -0.385. The number of aromatic nitrogens is 1. The lowest BCUT2D eigenvalue weighted by Gasteiger charge is -2.31. The number of non-ortho nitro benzene ring substituents is 1. The second-order valence-electron chi connectivity index (χ2n) is 13.8. The highest BCUT2D eigenvalue weighted by molar-refractivity contribution is 6.72. The van der Waals surface area contributed by atoms with Gasteiger partial charge in [-0.2, -0.15) is 0 Å². The number of carbonyl (C=O) groups excluding carboxylic acids is 2. The molecule has 3 aromatic carbocycles. The number of benzene rings is 3. The summed E-state index contributed by atoms with van der Waals surface area (Å²) in [6, 6.07) is 23.7. The first-order chi connectivity index (χ1) is 24.8. The molecule has 0 bridgehead atoms. The molecule has 4 atom stereocenters. The van der Waals surface area contributed by atoms with E-state index in [0.29, 0.717) is 16.9 Å². The van der Waals surface area contributed by atoms with E-state index in [2.05, 4.69) is 0 Å². The van der Waals surface area contributed by atoms with Crippen molar-refractivity contribution in [2.75, 3.05) is 25.2 Å². The Bertz CT molecular complexity index is 2040. The monoisotopic (exact) mass is 728 g/mol. The molecule has 2 aliphatic heterocycles. The summed E-state index contributed by atoms with van der Waals surface area (Å²) < 4.78 is 29.7. The van der Waals surface area contributed by atoms with Crippen molar-refractivity contribution in [3.05, 3.63) is 128 Å². The second kappa shape index (κ2) is 14.4. The molecule has 1 N–H and O–H groups in total. The Balaban J connectivity index is 1.35. The number of nitro groups is 1. The van der Waals surface area contributed by atoms with Crippen LogP contribution in [0.4, 0.5) is 15.5 Å². The van der Waals surface area contributed by atoms with Crippen molar-refractivity contribution in [3.8, 4) is 11.4 Å². The largest absolute Gasteiger partial charge is 0.491 e. The summed E-state index contributed by atoms with van der Waals surface area (Å²) in [6.45, 7) is 4.81.